The standard InChI is InChI=1S/C21H28N2O4S.C5H12N2O2S/c1-4-22-15-21(16-22)28(24,25)23(13-17-5-9-19(26-2)10-6-17)14-18-7-11-20(27-3)12-8-18;1-2-7-3-5(4-7)10(6,8)9/h5-12,21H,4,13-16H2,1-3H3;5H,2-4H2,1H3,(H2,6,8,9). The maximum Gasteiger partial charge on any atom is 0.220 e. The van der Waals surface area contributed by atoms with Crippen molar-refractivity contribution in [3.05, 3.63) is 59.7 Å². The molecule has 0 atom stereocenters. The van der Waals surface area contributed by atoms with Gasteiger partial charge in [0.15, 0.2) is 0 Å². The van der Waals surface area contributed by atoms with E-state index in [1.54, 1.807) is 18.5 Å². The van der Waals surface area contributed by atoms with Crippen molar-refractivity contribution in [1.29, 1.82) is 0 Å². The SMILES string of the molecule is CCN1CC(S(=O)(=O)N(Cc2ccc(OC)cc2)Cc2ccc(OC)cc2)C1.CCN1CC(S(N)(=O)=O)C1. The lowest BCUT2D eigenvalue weighted by atomic mass is 10.2. The molecule has 2 aliphatic rings. The minimum atomic E-state index is -3.41. The summed E-state index contributed by atoms with van der Waals surface area (Å²) in [6, 6.07) is 15.1. The Kier molecular flexibility index (Phi) is 10.6. The van der Waals surface area contributed by atoms with E-state index >= 15 is 0 Å². The van der Waals surface area contributed by atoms with Crippen LogP contribution in [0.2, 0.25) is 0 Å². The molecule has 10 nitrogen and oxygen atoms in total. The van der Waals surface area contributed by atoms with Crippen LogP contribution in [0.3, 0.4) is 0 Å². The van der Waals surface area contributed by atoms with Crippen molar-refractivity contribution in [2.75, 3.05) is 53.5 Å². The first-order chi connectivity index (χ1) is 18.0. The molecule has 0 aliphatic carbocycles. The van der Waals surface area contributed by atoms with Crippen LogP contribution in [0.25, 0.3) is 0 Å². The lowest BCUT2D eigenvalue weighted by Crippen LogP contribution is -2.57. The molecule has 0 bridgehead atoms. The highest BCUT2D eigenvalue weighted by Crippen LogP contribution is 2.25. The Morgan fingerprint density at radius 1 is 0.737 bits per heavy atom. The first-order valence-corrected chi connectivity index (χ1v) is 15.8. The molecule has 212 valence electrons. The minimum Gasteiger partial charge on any atom is -0.497 e. The van der Waals surface area contributed by atoms with Crippen LogP contribution >= 0.6 is 0 Å². The van der Waals surface area contributed by atoms with E-state index in [2.05, 4.69) is 11.8 Å². The number of primary sulfonamides is 1. The number of likely N-dealkylation sites (tertiary alicyclic amines) is 2. The summed E-state index contributed by atoms with van der Waals surface area (Å²) in [5, 5.41) is 4.25. The number of hydrogen-bond donors (Lipinski definition) is 1. The molecular formula is C26H40N4O6S2. The van der Waals surface area contributed by atoms with Crippen molar-refractivity contribution in [2.24, 2.45) is 5.14 Å². The molecule has 2 saturated heterocycles. The molecule has 2 aromatic rings. The highest BCUT2D eigenvalue weighted by Gasteiger charge is 2.40. The number of nitrogens with two attached hydrogens (primary N) is 1. The predicted molar refractivity (Wildman–Crippen MR) is 149 cm³/mol. The summed E-state index contributed by atoms with van der Waals surface area (Å²) >= 11 is 0. The maximum absolute atomic E-state index is 13.3. The summed E-state index contributed by atoms with van der Waals surface area (Å²) in [6.45, 7) is 8.91. The fourth-order valence-corrected chi connectivity index (χ4v) is 6.99. The molecule has 2 fully saturated rings. The summed E-state index contributed by atoms with van der Waals surface area (Å²) in [7, 11) is -3.42. The summed E-state index contributed by atoms with van der Waals surface area (Å²) in [5.41, 5.74) is 1.87. The van der Waals surface area contributed by atoms with Crippen molar-refractivity contribution in [1.82, 2.24) is 14.1 Å². The van der Waals surface area contributed by atoms with Crippen molar-refractivity contribution in [3.8, 4) is 11.5 Å². The second kappa shape index (κ2) is 13.2. The molecule has 2 aliphatic heterocycles. The van der Waals surface area contributed by atoms with Crippen molar-refractivity contribution < 1.29 is 26.3 Å². The topological polar surface area (TPSA) is 122 Å². The fraction of sp³-hybridized carbons (Fsp3) is 0.538. The second-order valence-corrected chi connectivity index (χ2v) is 13.6. The molecule has 0 saturated carbocycles. The van der Waals surface area contributed by atoms with E-state index < -0.39 is 20.0 Å². The van der Waals surface area contributed by atoms with Gasteiger partial charge in [0.05, 0.1) is 14.2 Å². The molecule has 0 aromatic heterocycles. The first kappa shape index (κ1) is 30.3. The zero-order valence-corrected chi connectivity index (χ0v) is 24.2. The number of benzene rings is 2. The minimum absolute atomic E-state index is 0.313. The van der Waals surface area contributed by atoms with Crippen LogP contribution in [-0.2, 0) is 33.1 Å². The van der Waals surface area contributed by atoms with Crippen LogP contribution in [0.4, 0.5) is 0 Å². The zero-order valence-electron chi connectivity index (χ0n) is 22.6. The Morgan fingerprint density at radius 2 is 1.11 bits per heavy atom. The molecule has 0 spiro atoms. The maximum atomic E-state index is 13.3. The molecule has 0 radical (unpaired) electrons. The van der Waals surface area contributed by atoms with Gasteiger partial charge in [-0.15, -0.1) is 0 Å². The van der Waals surface area contributed by atoms with Gasteiger partial charge in [0.1, 0.15) is 22.0 Å². The van der Waals surface area contributed by atoms with E-state index in [1.165, 1.54) is 0 Å². The molecule has 4 rings (SSSR count). The van der Waals surface area contributed by atoms with Gasteiger partial charge >= 0.3 is 0 Å². The molecule has 2 aromatic carbocycles. The number of nitrogens with zero attached hydrogens (tertiary/aromatic N) is 3. The highest BCUT2D eigenvalue weighted by atomic mass is 32.2. The first-order valence-electron chi connectivity index (χ1n) is 12.7. The Morgan fingerprint density at radius 3 is 1.42 bits per heavy atom. The van der Waals surface area contributed by atoms with Gasteiger partial charge < -0.3 is 19.3 Å². The van der Waals surface area contributed by atoms with E-state index in [-0.39, 0.29) is 10.5 Å². The van der Waals surface area contributed by atoms with Crippen LogP contribution in [0.15, 0.2) is 48.5 Å². The Bertz CT molecular complexity index is 1180. The Labute approximate surface area is 227 Å². The summed E-state index contributed by atoms with van der Waals surface area (Å²) < 4.78 is 59.8. The van der Waals surface area contributed by atoms with Crippen LogP contribution in [-0.4, -0.2) is 94.9 Å². The lowest BCUT2D eigenvalue weighted by Gasteiger charge is -2.40. The van der Waals surface area contributed by atoms with Gasteiger partial charge in [-0.3, -0.25) is 0 Å². The number of hydrogen-bond acceptors (Lipinski definition) is 8. The quantitative estimate of drug-likeness (QED) is 0.435. The summed E-state index contributed by atoms with van der Waals surface area (Å²) in [5.74, 6) is 1.51. The van der Waals surface area contributed by atoms with E-state index in [0.717, 1.165) is 35.7 Å². The molecule has 0 unspecified atom stereocenters. The molecule has 2 heterocycles. The van der Waals surface area contributed by atoms with Crippen LogP contribution in [0, 0.1) is 0 Å². The average molecular weight is 569 g/mol. The number of ether oxygens (including phenoxy) is 2. The zero-order chi connectivity index (χ0) is 27.9. The number of rotatable bonds is 11. The third-order valence-corrected chi connectivity index (χ3v) is 10.4. The van der Waals surface area contributed by atoms with Crippen LogP contribution in [0.5, 0.6) is 11.5 Å². The molecule has 0 amide bonds. The smallest absolute Gasteiger partial charge is 0.220 e. The lowest BCUT2D eigenvalue weighted by molar-refractivity contribution is 0.189. The van der Waals surface area contributed by atoms with Gasteiger partial charge in [-0.25, -0.2) is 22.0 Å². The molecule has 38 heavy (non-hydrogen) atoms. The van der Waals surface area contributed by atoms with E-state index in [1.807, 2.05) is 60.4 Å². The van der Waals surface area contributed by atoms with Gasteiger partial charge in [0.2, 0.25) is 20.0 Å². The highest BCUT2D eigenvalue weighted by molar-refractivity contribution is 7.90. The summed E-state index contributed by atoms with van der Waals surface area (Å²) in [4.78, 5) is 4.18. The fourth-order valence-electron chi connectivity index (χ4n) is 4.27. The second-order valence-electron chi connectivity index (χ2n) is 9.55. The van der Waals surface area contributed by atoms with E-state index in [4.69, 9.17) is 14.6 Å². The van der Waals surface area contributed by atoms with Gasteiger partial charge in [-0.2, -0.15) is 4.31 Å². The van der Waals surface area contributed by atoms with Gasteiger partial charge in [-0.05, 0) is 48.5 Å². The van der Waals surface area contributed by atoms with Gasteiger partial charge in [0.25, 0.3) is 0 Å². The monoisotopic (exact) mass is 568 g/mol. The third-order valence-electron chi connectivity index (χ3n) is 7.02. The molecule has 12 heteroatoms. The van der Waals surface area contributed by atoms with Crippen LogP contribution in [0.1, 0.15) is 25.0 Å². The third kappa shape index (κ3) is 7.90. The van der Waals surface area contributed by atoms with Gasteiger partial charge in [-0.1, -0.05) is 38.1 Å². The van der Waals surface area contributed by atoms with Gasteiger partial charge in [0, 0.05) is 39.3 Å². The predicted octanol–water partition coefficient (Wildman–Crippen LogP) is 1.72. The Balaban J connectivity index is 0.000000336. The Hall–Kier alpha value is -2.22. The van der Waals surface area contributed by atoms with Crippen molar-refractivity contribution >= 4 is 20.0 Å². The number of sulfonamides is 2. The average Bonchev–Trinajstić information content (AvgIpc) is 2.82. The largest absolute Gasteiger partial charge is 0.497 e. The summed E-state index contributed by atoms with van der Waals surface area (Å²) in [6.07, 6.45) is 0. The van der Waals surface area contributed by atoms with E-state index in [0.29, 0.717) is 39.3 Å². The molecule has 2 N–H and O–H groups in total. The number of methoxy groups -OCH3 is 2. The van der Waals surface area contributed by atoms with Crippen LogP contribution < -0.4 is 14.6 Å². The van der Waals surface area contributed by atoms with Crippen molar-refractivity contribution in [3.63, 3.8) is 0 Å². The van der Waals surface area contributed by atoms with E-state index in [9.17, 15) is 16.8 Å². The molecular weight excluding hydrogens is 528 g/mol. The normalized spacial score (nSPS) is 17.3. The van der Waals surface area contributed by atoms with Crippen molar-refractivity contribution in [2.45, 2.75) is 37.4 Å².